The van der Waals surface area contributed by atoms with Crippen molar-refractivity contribution < 1.29 is 24.4 Å². The third-order valence-corrected chi connectivity index (χ3v) is 3.25. The lowest BCUT2D eigenvalue weighted by molar-refractivity contribution is -0.384. The predicted octanol–water partition coefficient (Wildman–Crippen LogP) is 4.37. The molecule has 0 unspecified atom stereocenters. The molecule has 0 aromatic heterocycles. The van der Waals surface area contributed by atoms with Crippen LogP contribution in [0.2, 0.25) is 0 Å². The number of rotatable bonds is 4. The molecule has 0 saturated heterocycles. The van der Waals surface area contributed by atoms with Crippen molar-refractivity contribution in [3.05, 3.63) is 64.2 Å². The Kier molecular flexibility index (Phi) is 5.25. The van der Waals surface area contributed by atoms with Gasteiger partial charge in [-0.15, -0.1) is 0 Å². The molecule has 2 aromatic carbocycles. The minimum Gasteiger partial charge on any atom is -0.478 e. The summed E-state index contributed by atoms with van der Waals surface area (Å²) in [4.78, 5) is 35.6. The molecule has 2 rings (SSSR count). The van der Waals surface area contributed by atoms with Gasteiger partial charge in [0.2, 0.25) is 0 Å². The molecule has 0 aliphatic heterocycles. The van der Waals surface area contributed by atoms with E-state index in [0.717, 1.165) is 11.0 Å². The maximum Gasteiger partial charge on any atom is 0.419 e. The minimum atomic E-state index is -1.30. The molecule has 136 valence electrons. The number of carboxylic acids is 1. The largest absolute Gasteiger partial charge is 0.478 e. The molecule has 0 atom stereocenters. The van der Waals surface area contributed by atoms with E-state index in [1.807, 2.05) is 0 Å². The first kappa shape index (κ1) is 18.9. The van der Waals surface area contributed by atoms with Crippen LogP contribution in [0.15, 0.2) is 48.5 Å². The molecule has 26 heavy (non-hydrogen) atoms. The average molecular weight is 358 g/mol. The number of hydrogen-bond acceptors (Lipinski definition) is 5. The topological polar surface area (TPSA) is 110 Å². The number of carbonyl (C=O) groups is 2. The number of anilines is 2. The van der Waals surface area contributed by atoms with Crippen molar-refractivity contribution >= 4 is 29.1 Å². The number of carbonyl (C=O) groups excluding carboxylic acids is 1. The smallest absolute Gasteiger partial charge is 0.419 e. The summed E-state index contributed by atoms with van der Waals surface area (Å²) in [5.74, 6) is -1.30. The second kappa shape index (κ2) is 7.22. The van der Waals surface area contributed by atoms with Gasteiger partial charge in [-0.3, -0.25) is 10.1 Å². The highest BCUT2D eigenvalue weighted by molar-refractivity contribution is 6.00. The number of aromatic carboxylic acids is 1. The van der Waals surface area contributed by atoms with E-state index in [-0.39, 0.29) is 11.3 Å². The standard InChI is InChI=1S/C18H18N2O6/c1-18(2,3)26-17(23)19(13-7-5-4-6-8-13)14-10-9-12(16(21)22)11-15(14)20(24)25/h4-11H,1-3H3,(H,21,22). The molecule has 8 nitrogen and oxygen atoms in total. The molecule has 0 bridgehead atoms. The van der Waals surface area contributed by atoms with E-state index in [2.05, 4.69) is 0 Å². The lowest BCUT2D eigenvalue weighted by Gasteiger charge is -2.27. The number of amides is 1. The third-order valence-electron chi connectivity index (χ3n) is 3.25. The fourth-order valence-electron chi connectivity index (χ4n) is 2.22. The number of carboxylic acid groups (broad SMARTS) is 1. The van der Waals surface area contributed by atoms with Crippen molar-refractivity contribution in [2.75, 3.05) is 4.90 Å². The van der Waals surface area contributed by atoms with Gasteiger partial charge in [-0.2, -0.15) is 0 Å². The molecule has 0 fully saturated rings. The van der Waals surface area contributed by atoms with Gasteiger partial charge in [0.05, 0.1) is 16.2 Å². The van der Waals surface area contributed by atoms with E-state index < -0.39 is 28.3 Å². The zero-order valence-corrected chi connectivity index (χ0v) is 14.5. The van der Waals surface area contributed by atoms with Gasteiger partial charge >= 0.3 is 12.1 Å². The van der Waals surface area contributed by atoms with Crippen LogP contribution in [0.1, 0.15) is 31.1 Å². The van der Waals surface area contributed by atoms with E-state index in [4.69, 9.17) is 9.84 Å². The zero-order valence-electron chi connectivity index (χ0n) is 14.5. The van der Waals surface area contributed by atoms with Crippen LogP contribution in [0.3, 0.4) is 0 Å². The van der Waals surface area contributed by atoms with Crippen molar-refractivity contribution in [1.29, 1.82) is 0 Å². The highest BCUT2D eigenvalue weighted by atomic mass is 16.6. The Morgan fingerprint density at radius 3 is 2.23 bits per heavy atom. The highest BCUT2D eigenvalue weighted by Gasteiger charge is 2.30. The van der Waals surface area contributed by atoms with Crippen molar-refractivity contribution in [2.45, 2.75) is 26.4 Å². The summed E-state index contributed by atoms with van der Waals surface area (Å²) in [6, 6.07) is 11.6. The van der Waals surface area contributed by atoms with E-state index in [1.165, 1.54) is 12.1 Å². The predicted molar refractivity (Wildman–Crippen MR) is 94.9 cm³/mol. The summed E-state index contributed by atoms with van der Waals surface area (Å²) in [6.45, 7) is 5.03. The van der Waals surface area contributed by atoms with E-state index >= 15 is 0 Å². The van der Waals surface area contributed by atoms with Gasteiger partial charge in [-0.1, -0.05) is 18.2 Å². The van der Waals surface area contributed by atoms with Crippen LogP contribution in [-0.4, -0.2) is 27.7 Å². The fourth-order valence-corrected chi connectivity index (χ4v) is 2.22. The quantitative estimate of drug-likeness (QED) is 0.642. The van der Waals surface area contributed by atoms with E-state index in [1.54, 1.807) is 51.1 Å². The van der Waals surface area contributed by atoms with Crippen molar-refractivity contribution in [1.82, 2.24) is 0 Å². The van der Waals surface area contributed by atoms with Crippen LogP contribution in [0.4, 0.5) is 21.9 Å². The molecule has 1 amide bonds. The molecule has 0 heterocycles. The second-order valence-corrected chi connectivity index (χ2v) is 6.42. The van der Waals surface area contributed by atoms with Crippen molar-refractivity contribution in [3.8, 4) is 0 Å². The molecular formula is C18H18N2O6. The summed E-state index contributed by atoms with van der Waals surface area (Å²) in [5.41, 5.74) is -1.31. The number of para-hydroxylation sites is 1. The van der Waals surface area contributed by atoms with Crippen molar-refractivity contribution in [3.63, 3.8) is 0 Å². The van der Waals surface area contributed by atoms with Crippen molar-refractivity contribution in [2.24, 2.45) is 0 Å². The van der Waals surface area contributed by atoms with Gasteiger partial charge in [0.25, 0.3) is 5.69 Å². The van der Waals surface area contributed by atoms with Gasteiger partial charge in [0.15, 0.2) is 0 Å². The lowest BCUT2D eigenvalue weighted by atomic mass is 10.1. The van der Waals surface area contributed by atoms with Crippen LogP contribution >= 0.6 is 0 Å². The average Bonchev–Trinajstić information content (AvgIpc) is 2.54. The molecule has 0 radical (unpaired) electrons. The molecule has 0 aliphatic rings. The van der Waals surface area contributed by atoms with E-state index in [0.29, 0.717) is 5.69 Å². The molecule has 8 heteroatoms. The number of benzene rings is 2. The molecular weight excluding hydrogens is 340 g/mol. The number of hydrogen-bond donors (Lipinski definition) is 1. The third kappa shape index (κ3) is 4.35. The molecule has 0 aliphatic carbocycles. The number of nitrogens with zero attached hydrogens (tertiary/aromatic N) is 2. The Bertz CT molecular complexity index is 843. The van der Waals surface area contributed by atoms with E-state index in [9.17, 15) is 19.7 Å². The van der Waals surface area contributed by atoms with Crippen LogP contribution in [0, 0.1) is 10.1 Å². The van der Waals surface area contributed by atoms with Crippen LogP contribution in [-0.2, 0) is 4.74 Å². The summed E-state index contributed by atoms with van der Waals surface area (Å²) in [6.07, 6.45) is -0.810. The Hall–Kier alpha value is -3.42. The SMILES string of the molecule is CC(C)(C)OC(=O)N(c1ccccc1)c1ccc(C(=O)O)cc1[N+](=O)[O-]. The first-order chi connectivity index (χ1) is 12.1. The Morgan fingerprint density at radius 1 is 1.12 bits per heavy atom. The van der Waals surface area contributed by atoms with Gasteiger partial charge in [0.1, 0.15) is 11.3 Å². The summed E-state index contributed by atoms with van der Waals surface area (Å²) >= 11 is 0. The lowest BCUT2D eigenvalue weighted by Crippen LogP contribution is -2.34. The van der Waals surface area contributed by atoms with Crippen LogP contribution in [0.5, 0.6) is 0 Å². The van der Waals surface area contributed by atoms with Gasteiger partial charge in [0, 0.05) is 6.07 Å². The summed E-state index contributed by atoms with van der Waals surface area (Å²) in [5, 5.41) is 20.5. The zero-order chi connectivity index (χ0) is 19.5. The first-order valence-corrected chi connectivity index (χ1v) is 7.70. The van der Waals surface area contributed by atoms with Gasteiger partial charge in [-0.05, 0) is 45.0 Å². The molecule has 2 aromatic rings. The Morgan fingerprint density at radius 2 is 1.73 bits per heavy atom. The monoisotopic (exact) mass is 358 g/mol. The minimum absolute atomic E-state index is 0.0829. The Balaban J connectivity index is 2.64. The van der Waals surface area contributed by atoms with Gasteiger partial charge < -0.3 is 9.84 Å². The normalized spacial score (nSPS) is 10.9. The highest BCUT2D eigenvalue weighted by Crippen LogP contribution is 2.35. The number of nitro benzene ring substituents is 1. The Labute approximate surface area is 149 Å². The van der Waals surface area contributed by atoms with Gasteiger partial charge in [-0.25, -0.2) is 14.5 Å². The number of ether oxygens (including phenoxy) is 1. The van der Waals surface area contributed by atoms with Crippen LogP contribution in [0.25, 0.3) is 0 Å². The maximum atomic E-state index is 12.7. The number of nitro groups is 1. The molecule has 0 spiro atoms. The summed E-state index contributed by atoms with van der Waals surface area (Å²) in [7, 11) is 0. The first-order valence-electron chi connectivity index (χ1n) is 7.70. The second-order valence-electron chi connectivity index (χ2n) is 6.42. The fraction of sp³-hybridized carbons (Fsp3) is 0.222. The molecule has 0 saturated carbocycles. The molecule has 1 N–H and O–H groups in total. The maximum absolute atomic E-state index is 12.7. The van der Waals surface area contributed by atoms with Crippen LogP contribution < -0.4 is 4.90 Å². The summed E-state index contributed by atoms with van der Waals surface area (Å²) < 4.78 is 5.37.